The quantitative estimate of drug-likeness (QED) is 0.799. The highest BCUT2D eigenvalue weighted by Gasteiger charge is 2.40. The van der Waals surface area contributed by atoms with E-state index in [2.05, 4.69) is 15.9 Å². The molecule has 0 spiro atoms. The lowest BCUT2D eigenvalue weighted by atomic mass is 10.1. The maximum atomic E-state index is 13.1. The SMILES string of the molecule is CC(c1ccccc1Br)N1CCC(F)(F)C1. The molecule has 1 aliphatic rings. The van der Waals surface area contributed by atoms with Crippen molar-refractivity contribution in [2.45, 2.75) is 25.3 Å². The van der Waals surface area contributed by atoms with Crippen molar-refractivity contribution in [1.29, 1.82) is 0 Å². The molecule has 1 atom stereocenters. The third-order valence-electron chi connectivity index (χ3n) is 3.10. The summed E-state index contributed by atoms with van der Waals surface area (Å²) in [5, 5.41) is 0. The van der Waals surface area contributed by atoms with Gasteiger partial charge in [0.1, 0.15) is 0 Å². The average Bonchev–Trinajstić information content (AvgIpc) is 2.59. The van der Waals surface area contributed by atoms with Crippen molar-refractivity contribution < 1.29 is 8.78 Å². The van der Waals surface area contributed by atoms with Crippen molar-refractivity contribution in [3.63, 3.8) is 0 Å². The van der Waals surface area contributed by atoms with Crippen molar-refractivity contribution in [2.24, 2.45) is 0 Å². The molecule has 1 nitrogen and oxygen atoms in total. The molecule has 2 rings (SSSR count). The molecule has 16 heavy (non-hydrogen) atoms. The Bertz CT molecular complexity index is 381. The van der Waals surface area contributed by atoms with Gasteiger partial charge in [0.25, 0.3) is 5.92 Å². The number of hydrogen-bond donors (Lipinski definition) is 0. The van der Waals surface area contributed by atoms with Gasteiger partial charge in [-0.25, -0.2) is 8.78 Å². The summed E-state index contributed by atoms with van der Waals surface area (Å²) in [6, 6.07) is 7.82. The van der Waals surface area contributed by atoms with E-state index >= 15 is 0 Å². The molecule has 0 aliphatic carbocycles. The predicted octanol–water partition coefficient (Wildman–Crippen LogP) is 3.85. The van der Waals surface area contributed by atoms with Crippen LogP contribution in [0.15, 0.2) is 28.7 Å². The van der Waals surface area contributed by atoms with Crippen LogP contribution in [-0.4, -0.2) is 23.9 Å². The molecule has 0 radical (unpaired) electrons. The summed E-state index contributed by atoms with van der Waals surface area (Å²) in [5.74, 6) is -2.52. The Kier molecular flexibility index (Phi) is 3.31. The first-order valence-electron chi connectivity index (χ1n) is 5.36. The Balaban J connectivity index is 2.15. The molecule has 88 valence electrons. The van der Waals surface area contributed by atoms with Crippen LogP contribution in [-0.2, 0) is 0 Å². The van der Waals surface area contributed by atoms with Gasteiger partial charge in [0.05, 0.1) is 6.54 Å². The van der Waals surface area contributed by atoms with Crippen LogP contribution in [0.5, 0.6) is 0 Å². The molecule has 0 N–H and O–H groups in total. The van der Waals surface area contributed by atoms with E-state index in [4.69, 9.17) is 0 Å². The molecule has 1 aromatic rings. The van der Waals surface area contributed by atoms with Gasteiger partial charge < -0.3 is 0 Å². The van der Waals surface area contributed by atoms with Crippen molar-refractivity contribution in [1.82, 2.24) is 4.90 Å². The summed E-state index contributed by atoms with van der Waals surface area (Å²) in [6.45, 7) is 2.31. The normalized spacial score (nSPS) is 22.2. The van der Waals surface area contributed by atoms with Crippen LogP contribution in [0.25, 0.3) is 0 Å². The van der Waals surface area contributed by atoms with Crippen LogP contribution >= 0.6 is 15.9 Å². The number of hydrogen-bond acceptors (Lipinski definition) is 1. The van der Waals surface area contributed by atoms with E-state index in [1.165, 1.54) is 0 Å². The van der Waals surface area contributed by atoms with E-state index in [-0.39, 0.29) is 19.0 Å². The summed E-state index contributed by atoms with van der Waals surface area (Å²) in [6.07, 6.45) is -0.0260. The lowest BCUT2D eigenvalue weighted by molar-refractivity contribution is 0.00830. The van der Waals surface area contributed by atoms with Crippen LogP contribution in [0.1, 0.15) is 24.9 Å². The number of likely N-dealkylation sites (tertiary alicyclic amines) is 1. The van der Waals surface area contributed by atoms with E-state index < -0.39 is 5.92 Å². The molecule has 1 unspecified atom stereocenters. The highest BCUT2D eigenvalue weighted by atomic mass is 79.9. The molecule has 0 aromatic heterocycles. The minimum absolute atomic E-state index is 0.0260. The summed E-state index contributed by atoms with van der Waals surface area (Å²) in [7, 11) is 0. The Morgan fingerprint density at radius 3 is 2.62 bits per heavy atom. The first-order chi connectivity index (χ1) is 7.49. The average molecular weight is 290 g/mol. The maximum Gasteiger partial charge on any atom is 0.261 e. The fourth-order valence-electron chi connectivity index (χ4n) is 2.10. The van der Waals surface area contributed by atoms with Gasteiger partial charge in [-0.3, -0.25) is 4.90 Å². The molecule has 1 heterocycles. The zero-order chi connectivity index (χ0) is 11.8. The third-order valence-corrected chi connectivity index (χ3v) is 3.82. The van der Waals surface area contributed by atoms with E-state index in [1.54, 1.807) is 0 Å². The summed E-state index contributed by atoms with van der Waals surface area (Å²) >= 11 is 3.46. The number of nitrogens with zero attached hydrogens (tertiary/aromatic N) is 1. The molecule has 1 aromatic carbocycles. The van der Waals surface area contributed by atoms with E-state index in [0.29, 0.717) is 6.54 Å². The number of rotatable bonds is 2. The Morgan fingerprint density at radius 2 is 2.06 bits per heavy atom. The van der Waals surface area contributed by atoms with Crippen molar-refractivity contribution in [2.75, 3.05) is 13.1 Å². The van der Waals surface area contributed by atoms with Crippen molar-refractivity contribution >= 4 is 15.9 Å². The van der Waals surface area contributed by atoms with E-state index in [1.807, 2.05) is 36.1 Å². The fourth-order valence-corrected chi connectivity index (χ4v) is 2.72. The molecule has 0 saturated carbocycles. The third kappa shape index (κ3) is 2.43. The van der Waals surface area contributed by atoms with E-state index in [9.17, 15) is 8.78 Å². The number of halogens is 3. The van der Waals surface area contributed by atoms with Gasteiger partial charge in [-0.1, -0.05) is 34.1 Å². The lowest BCUT2D eigenvalue weighted by Crippen LogP contribution is -2.28. The molecular formula is C12H14BrF2N. The van der Waals surface area contributed by atoms with Crippen molar-refractivity contribution in [3.8, 4) is 0 Å². The zero-order valence-corrected chi connectivity index (χ0v) is 10.7. The van der Waals surface area contributed by atoms with Gasteiger partial charge in [-0.15, -0.1) is 0 Å². The van der Waals surface area contributed by atoms with Gasteiger partial charge in [-0.05, 0) is 18.6 Å². The largest absolute Gasteiger partial charge is 0.290 e. The van der Waals surface area contributed by atoms with Gasteiger partial charge in [0, 0.05) is 23.5 Å². The molecular weight excluding hydrogens is 276 g/mol. The van der Waals surface area contributed by atoms with Crippen LogP contribution in [0, 0.1) is 0 Å². The minimum atomic E-state index is -2.52. The number of benzene rings is 1. The molecule has 0 bridgehead atoms. The van der Waals surface area contributed by atoms with Crippen LogP contribution < -0.4 is 0 Å². The highest BCUT2D eigenvalue weighted by Crippen LogP contribution is 2.35. The van der Waals surface area contributed by atoms with E-state index in [0.717, 1.165) is 10.0 Å². The molecule has 1 fully saturated rings. The summed E-state index contributed by atoms with van der Waals surface area (Å²) in [5.41, 5.74) is 1.07. The van der Waals surface area contributed by atoms with Crippen LogP contribution in [0.2, 0.25) is 0 Å². The summed E-state index contributed by atoms with van der Waals surface area (Å²) < 4.78 is 27.2. The first-order valence-corrected chi connectivity index (χ1v) is 6.15. The van der Waals surface area contributed by atoms with Crippen molar-refractivity contribution in [3.05, 3.63) is 34.3 Å². The maximum absolute atomic E-state index is 13.1. The highest BCUT2D eigenvalue weighted by molar-refractivity contribution is 9.10. The molecule has 4 heteroatoms. The lowest BCUT2D eigenvalue weighted by Gasteiger charge is -2.25. The standard InChI is InChI=1S/C12H14BrF2N/c1-9(10-4-2-3-5-11(10)13)16-7-6-12(14,15)8-16/h2-5,9H,6-8H2,1H3. The predicted molar refractivity (Wildman–Crippen MR) is 63.7 cm³/mol. The second-order valence-electron chi connectivity index (χ2n) is 4.27. The monoisotopic (exact) mass is 289 g/mol. The molecule has 1 saturated heterocycles. The second kappa shape index (κ2) is 4.41. The Hall–Kier alpha value is -0.480. The molecule has 1 aliphatic heterocycles. The zero-order valence-electron chi connectivity index (χ0n) is 9.09. The first kappa shape index (κ1) is 12.0. The fraction of sp³-hybridized carbons (Fsp3) is 0.500. The Morgan fingerprint density at radius 1 is 1.38 bits per heavy atom. The van der Waals surface area contributed by atoms with Gasteiger partial charge in [-0.2, -0.15) is 0 Å². The minimum Gasteiger partial charge on any atom is -0.290 e. The van der Waals surface area contributed by atoms with Crippen LogP contribution in [0.3, 0.4) is 0 Å². The van der Waals surface area contributed by atoms with Crippen LogP contribution in [0.4, 0.5) is 8.78 Å². The smallest absolute Gasteiger partial charge is 0.261 e. The van der Waals surface area contributed by atoms with Gasteiger partial charge in [0.2, 0.25) is 0 Å². The van der Waals surface area contributed by atoms with Gasteiger partial charge >= 0.3 is 0 Å². The number of alkyl halides is 2. The topological polar surface area (TPSA) is 3.24 Å². The summed E-state index contributed by atoms with van der Waals surface area (Å²) in [4.78, 5) is 1.83. The second-order valence-corrected chi connectivity index (χ2v) is 5.13. The van der Waals surface area contributed by atoms with Gasteiger partial charge in [0.15, 0.2) is 0 Å². The Labute approximate surface area is 103 Å². The molecule has 0 amide bonds.